The smallest absolute Gasteiger partial charge is 0.475 e. The number of nitrogens with zero attached hydrogens (tertiary/aromatic N) is 4. The molecule has 0 radical (unpaired) electrons. The second-order valence-electron chi connectivity index (χ2n) is 10.7. The molecule has 4 heterocycles. The minimum absolute atomic E-state index is 0.0308. The molecule has 2 fully saturated rings. The zero-order valence-corrected chi connectivity index (χ0v) is 25.7. The van der Waals surface area contributed by atoms with Crippen molar-refractivity contribution in [2.75, 3.05) is 44.2 Å². The van der Waals surface area contributed by atoms with E-state index >= 15 is 0 Å². The Labute approximate surface area is 251 Å². The molecule has 43 heavy (non-hydrogen) atoms. The molecule has 0 aliphatic carbocycles. The molecule has 2 aliphatic rings. The summed E-state index contributed by atoms with van der Waals surface area (Å²) < 4.78 is 65.4. The van der Waals surface area contributed by atoms with Gasteiger partial charge in [0, 0.05) is 50.9 Å². The highest BCUT2D eigenvalue weighted by atomic mass is 32.2. The molecule has 0 bridgehead atoms. The van der Waals surface area contributed by atoms with Gasteiger partial charge in [0.2, 0.25) is 15.9 Å². The molecule has 1 aromatic carbocycles. The number of carbonyl (C=O) groups excluding carboxylic acids is 1. The summed E-state index contributed by atoms with van der Waals surface area (Å²) in [4.78, 5) is 27.1. The normalized spacial score (nSPS) is 19.7. The van der Waals surface area contributed by atoms with Crippen molar-refractivity contribution < 1.29 is 40.8 Å². The van der Waals surface area contributed by atoms with Crippen LogP contribution < -0.4 is 4.90 Å². The van der Waals surface area contributed by atoms with E-state index < -0.39 is 28.1 Å². The van der Waals surface area contributed by atoms with Crippen LogP contribution in [-0.2, 0) is 19.6 Å². The molecular formula is C28H33F3N4O6S2. The third-order valence-corrected chi connectivity index (χ3v) is 10.5. The molecule has 2 atom stereocenters. The fourth-order valence-electron chi connectivity index (χ4n) is 5.47. The second kappa shape index (κ2) is 12.7. The summed E-state index contributed by atoms with van der Waals surface area (Å²) in [5.74, 6) is -3.06. The number of hydrogen-bond acceptors (Lipinski definition) is 8. The van der Waals surface area contributed by atoms with Crippen LogP contribution in [0.15, 0.2) is 44.4 Å². The molecule has 1 amide bonds. The number of carboxylic acids is 1. The van der Waals surface area contributed by atoms with Crippen LogP contribution >= 0.6 is 11.3 Å². The lowest BCUT2D eigenvalue weighted by Crippen LogP contribution is -2.51. The minimum atomic E-state index is -5.08. The molecule has 234 valence electrons. The average molecular weight is 643 g/mol. The first-order chi connectivity index (χ1) is 20.1. The van der Waals surface area contributed by atoms with E-state index in [1.807, 2.05) is 21.7 Å². The van der Waals surface area contributed by atoms with Crippen molar-refractivity contribution in [1.82, 2.24) is 14.4 Å². The Bertz CT molecular complexity index is 1550. The molecule has 15 heteroatoms. The van der Waals surface area contributed by atoms with Gasteiger partial charge in [-0.15, -0.1) is 0 Å². The fourth-order valence-corrected chi connectivity index (χ4v) is 7.98. The molecule has 2 saturated heterocycles. The number of piperazine rings is 1. The van der Waals surface area contributed by atoms with E-state index in [1.165, 1.54) is 21.1 Å². The fraction of sp³-hybridized carbons (Fsp3) is 0.464. The van der Waals surface area contributed by atoms with E-state index in [-0.39, 0.29) is 35.6 Å². The predicted molar refractivity (Wildman–Crippen MR) is 154 cm³/mol. The first-order valence-electron chi connectivity index (χ1n) is 13.5. The zero-order chi connectivity index (χ0) is 31.7. The standard InChI is InChI=1S/C26H32N4O4S2.C2HF3O2/c1-17-5-6-18(2)24(13-17)28-8-10-29(11-9-28)26(31)23-15-30(14-22(23)21-7-12-35-16-21)36(32,33)25-19(3)27-34-20(25)4;3-2(4,5)1(6)7/h5-7,12-13,16,22-23H,8-11,14-15H2,1-4H3;(H,6,7)/t22-,23+;/m0./s1. The van der Waals surface area contributed by atoms with Crippen LogP contribution in [0, 0.1) is 33.6 Å². The highest BCUT2D eigenvalue weighted by Crippen LogP contribution is 2.39. The van der Waals surface area contributed by atoms with Gasteiger partial charge in [0.1, 0.15) is 10.6 Å². The van der Waals surface area contributed by atoms with Crippen LogP contribution in [0.25, 0.3) is 0 Å². The summed E-state index contributed by atoms with van der Waals surface area (Å²) in [6.45, 7) is 10.6. The summed E-state index contributed by atoms with van der Waals surface area (Å²) in [6.07, 6.45) is -5.08. The quantitative estimate of drug-likeness (QED) is 0.436. The molecule has 1 N–H and O–H groups in total. The first kappa shape index (κ1) is 32.5. The van der Waals surface area contributed by atoms with Crippen molar-refractivity contribution in [2.45, 2.75) is 44.7 Å². The number of hydrogen-bond donors (Lipinski definition) is 1. The second-order valence-corrected chi connectivity index (χ2v) is 13.3. The number of halogens is 3. The number of aromatic nitrogens is 1. The topological polar surface area (TPSA) is 124 Å². The molecule has 2 aliphatic heterocycles. The monoisotopic (exact) mass is 642 g/mol. The molecule has 10 nitrogen and oxygen atoms in total. The number of sulfonamides is 1. The Morgan fingerprint density at radius 1 is 1.05 bits per heavy atom. The number of rotatable bonds is 5. The lowest BCUT2D eigenvalue weighted by Gasteiger charge is -2.38. The van der Waals surface area contributed by atoms with Gasteiger partial charge in [-0.2, -0.15) is 28.8 Å². The number of benzene rings is 1. The molecule has 0 spiro atoms. The molecule has 0 unspecified atom stereocenters. The summed E-state index contributed by atoms with van der Waals surface area (Å²) >= 11 is 1.56. The maximum atomic E-state index is 13.8. The summed E-state index contributed by atoms with van der Waals surface area (Å²) in [7, 11) is -3.83. The Balaban J connectivity index is 0.000000541. The van der Waals surface area contributed by atoms with Crippen molar-refractivity contribution >= 4 is 38.9 Å². The van der Waals surface area contributed by atoms with Gasteiger partial charge >= 0.3 is 12.1 Å². The van der Waals surface area contributed by atoms with Crippen LogP contribution in [-0.4, -0.2) is 85.2 Å². The van der Waals surface area contributed by atoms with E-state index in [4.69, 9.17) is 14.4 Å². The predicted octanol–water partition coefficient (Wildman–Crippen LogP) is 4.36. The van der Waals surface area contributed by atoms with E-state index in [9.17, 15) is 26.4 Å². The van der Waals surface area contributed by atoms with Crippen molar-refractivity contribution in [3.63, 3.8) is 0 Å². The van der Waals surface area contributed by atoms with Crippen LogP contribution in [0.1, 0.15) is 34.1 Å². The highest BCUT2D eigenvalue weighted by molar-refractivity contribution is 7.89. The molecule has 5 rings (SSSR count). The summed E-state index contributed by atoms with van der Waals surface area (Å²) in [5.41, 5.74) is 5.03. The molecule has 0 saturated carbocycles. The number of thiophene rings is 1. The Hall–Kier alpha value is -3.43. The van der Waals surface area contributed by atoms with Gasteiger partial charge in [-0.1, -0.05) is 17.3 Å². The molecule has 2 aromatic heterocycles. The number of anilines is 1. The van der Waals surface area contributed by atoms with Gasteiger partial charge in [-0.25, -0.2) is 13.2 Å². The minimum Gasteiger partial charge on any atom is -0.475 e. The summed E-state index contributed by atoms with van der Waals surface area (Å²) in [5, 5.41) is 15.0. The Kier molecular flexibility index (Phi) is 9.57. The van der Waals surface area contributed by atoms with Gasteiger partial charge in [0.05, 0.1) is 5.92 Å². The third kappa shape index (κ3) is 7.04. The number of carboxylic acid groups (broad SMARTS) is 1. The van der Waals surface area contributed by atoms with Crippen molar-refractivity contribution in [1.29, 1.82) is 0 Å². The van der Waals surface area contributed by atoms with Crippen LogP contribution in [0.3, 0.4) is 0 Å². The van der Waals surface area contributed by atoms with E-state index in [2.05, 4.69) is 42.1 Å². The lowest BCUT2D eigenvalue weighted by molar-refractivity contribution is -0.192. The summed E-state index contributed by atoms with van der Waals surface area (Å²) in [6, 6.07) is 8.46. The Morgan fingerprint density at radius 3 is 2.23 bits per heavy atom. The first-order valence-corrected chi connectivity index (χ1v) is 15.9. The van der Waals surface area contributed by atoms with Gasteiger partial charge in [0.15, 0.2) is 5.76 Å². The molecule has 3 aromatic rings. The van der Waals surface area contributed by atoms with E-state index in [0.717, 1.165) is 18.7 Å². The third-order valence-electron chi connectivity index (χ3n) is 7.68. The van der Waals surface area contributed by atoms with Crippen molar-refractivity contribution in [3.05, 3.63) is 63.2 Å². The van der Waals surface area contributed by atoms with Crippen LogP contribution in [0.5, 0.6) is 0 Å². The van der Waals surface area contributed by atoms with Crippen molar-refractivity contribution in [3.8, 4) is 0 Å². The van der Waals surface area contributed by atoms with Gasteiger partial charge in [0.25, 0.3) is 0 Å². The van der Waals surface area contributed by atoms with Crippen LogP contribution in [0.4, 0.5) is 18.9 Å². The van der Waals surface area contributed by atoms with Gasteiger partial charge in [-0.05, 0) is 67.3 Å². The van der Waals surface area contributed by atoms with E-state index in [1.54, 1.807) is 25.2 Å². The number of amides is 1. The largest absolute Gasteiger partial charge is 0.490 e. The number of alkyl halides is 3. The SMILES string of the molecule is Cc1ccc(C)c(N2CCN(C(=O)[C@@H]3CN(S(=O)(=O)c4c(C)noc4C)C[C@H]3c3ccsc3)CC2)c1.O=C(O)C(F)(F)F. The van der Waals surface area contributed by atoms with Gasteiger partial charge in [-0.3, -0.25) is 4.79 Å². The number of aryl methyl sites for hydroxylation is 4. The number of carbonyl (C=O) groups is 2. The zero-order valence-electron chi connectivity index (χ0n) is 24.1. The van der Waals surface area contributed by atoms with Crippen LogP contribution in [0.2, 0.25) is 0 Å². The van der Waals surface area contributed by atoms with Gasteiger partial charge < -0.3 is 19.4 Å². The van der Waals surface area contributed by atoms with Crippen molar-refractivity contribution in [2.24, 2.45) is 5.92 Å². The number of aliphatic carboxylic acids is 1. The maximum absolute atomic E-state index is 13.8. The highest BCUT2D eigenvalue weighted by Gasteiger charge is 2.46. The molecular weight excluding hydrogens is 609 g/mol. The maximum Gasteiger partial charge on any atom is 0.490 e. The van der Waals surface area contributed by atoms with E-state index in [0.29, 0.717) is 18.8 Å². The Morgan fingerprint density at radius 2 is 1.70 bits per heavy atom. The lowest BCUT2D eigenvalue weighted by atomic mass is 9.89. The average Bonchev–Trinajstić information content (AvgIpc) is 3.70.